The summed E-state index contributed by atoms with van der Waals surface area (Å²) >= 11 is 0. The molecule has 2 rings (SSSR count). The standard InChI is InChI=1S/C15H10F2N2O2S/c16-14-7-6-11(8-15(14)17)19-10-13(9-18)22(20,21)12-4-2-1-3-5-12/h1-8,10,19H/b13-10+. The molecule has 0 spiro atoms. The topological polar surface area (TPSA) is 70.0 Å². The summed E-state index contributed by atoms with van der Waals surface area (Å²) in [6, 6.07) is 12.0. The summed E-state index contributed by atoms with van der Waals surface area (Å²) < 4.78 is 50.4. The van der Waals surface area contributed by atoms with E-state index in [0.29, 0.717) is 0 Å². The monoisotopic (exact) mass is 320 g/mol. The van der Waals surface area contributed by atoms with Crippen LogP contribution in [-0.2, 0) is 9.84 Å². The highest BCUT2D eigenvalue weighted by Gasteiger charge is 2.20. The smallest absolute Gasteiger partial charge is 0.218 e. The maximum atomic E-state index is 13.1. The third-order valence-corrected chi connectivity index (χ3v) is 4.42. The summed E-state index contributed by atoms with van der Waals surface area (Å²) in [5.74, 6) is -2.10. The fourth-order valence-corrected chi connectivity index (χ4v) is 2.73. The summed E-state index contributed by atoms with van der Waals surface area (Å²) in [5.41, 5.74) is 0.120. The molecule has 0 atom stereocenters. The van der Waals surface area contributed by atoms with Gasteiger partial charge in [0.25, 0.3) is 0 Å². The zero-order chi connectivity index (χ0) is 16.2. The van der Waals surface area contributed by atoms with Gasteiger partial charge in [-0.05, 0) is 24.3 Å². The molecular weight excluding hydrogens is 310 g/mol. The van der Waals surface area contributed by atoms with Crippen LogP contribution >= 0.6 is 0 Å². The third kappa shape index (κ3) is 3.30. The Morgan fingerprint density at radius 2 is 1.77 bits per heavy atom. The summed E-state index contributed by atoms with van der Waals surface area (Å²) in [5, 5.41) is 11.5. The molecule has 1 N–H and O–H groups in total. The molecule has 0 saturated heterocycles. The van der Waals surface area contributed by atoms with Gasteiger partial charge in [-0.15, -0.1) is 0 Å². The minimum absolute atomic E-state index is 0.0325. The van der Waals surface area contributed by atoms with E-state index in [9.17, 15) is 17.2 Å². The van der Waals surface area contributed by atoms with Crippen LogP contribution in [0.2, 0.25) is 0 Å². The van der Waals surface area contributed by atoms with E-state index in [1.165, 1.54) is 30.3 Å². The number of rotatable bonds is 4. The van der Waals surface area contributed by atoms with Crippen molar-refractivity contribution < 1.29 is 17.2 Å². The third-order valence-electron chi connectivity index (χ3n) is 2.74. The van der Waals surface area contributed by atoms with Gasteiger partial charge in [0.05, 0.1) is 4.90 Å². The minimum Gasteiger partial charge on any atom is -0.360 e. The number of hydrogen-bond acceptors (Lipinski definition) is 4. The molecule has 0 radical (unpaired) electrons. The first-order chi connectivity index (χ1) is 10.4. The Hall–Kier alpha value is -2.72. The van der Waals surface area contributed by atoms with Gasteiger partial charge < -0.3 is 5.32 Å². The number of anilines is 1. The first-order valence-electron chi connectivity index (χ1n) is 6.07. The van der Waals surface area contributed by atoms with Crippen molar-refractivity contribution in [2.45, 2.75) is 4.90 Å². The molecule has 22 heavy (non-hydrogen) atoms. The fourth-order valence-electron chi connectivity index (χ4n) is 1.63. The van der Waals surface area contributed by atoms with Gasteiger partial charge in [-0.3, -0.25) is 0 Å². The average Bonchev–Trinajstić information content (AvgIpc) is 2.52. The van der Waals surface area contributed by atoms with Crippen molar-refractivity contribution in [1.29, 1.82) is 5.26 Å². The predicted octanol–water partition coefficient (Wildman–Crippen LogP) is 3.22. The van der Waals surface area contributed by atoms with E-state index >= 15 is 0 Å². The number of hydrogen-bond donors (Lipinski definition) is 1. The Kier molecular flexibility index (Phi) is 4.53. The minimum atomic E-state index is -3.97. The second-order valence-electron chi connectivity index (χ2n) is 4.21. The molecule has 0 aliphatic carbocycles. The molecule has 0 aliphatic heterocycles. The average molecular weight is 320 g/mol. The normalized spacial score (nSPS) is 11.8. The van der Waals surface area contributed by atoms with Crippen molar-refractivity contribution in [3.8, 4) is 6.07 Å². The zero-order valence-electron chi connectivity index (χ0n) is 11.1. The van der Waals surface area contributed by atoms with Crippen LogP contribution < -0.4 is 5.32 Å². The Labute approximate surface area is 126 Å². The van der Waals surface area contributed by atoms with Crippen LogP contribution in [-0.4, -0.2) is 8.42 Å². The molecule has 0 heterocycles. The molecular formula is C15H10F2N2O2S. The van der Waals surface area contributed by atoms with E-state index in [2.05, 4.69) is 5.32 Å². The number of nitriles is 1. The van der Waals surface area contributed by atoms with Crippen molar-refractivity contribution >= 4 is 15.5 Å². The van der Waals surface area contributed by atoms with Gasteiger partial charge in [-0.1, -0.05) is 18.2 Å². The number of sulfone groups is 1. The van der Waals surface area contributed by atoms with Gasteiger partial charge in [-0.25, -0.2) is 17.2 Å². The van der Waals surface area contributed by atoms with Crippen LogP contribution in [0, 0.1) is 23.0 Å². The lowest BCUT2D eigenvalue weighted by atomic mass is 10.3. The summed E-state index contributed by atoms with van der Waals surface area (Å²) in [6.07, 6.45) is 0.939. The number of nitrogens with one attached hydrogen (secondary N) is 1. The highest BCUT2D eigenvalue weighted by Crippen LogP contribution is 2.19. The van der Waals surface area contributed by atoms with Gasteiger partial charge in [0, 0.05) is 18.0 Å². The van der Waals surface area contributed by atoms with Crippen molar-refractivity contribution in [1.82, 2.24) is 0 Å². The van der Waals surface area contributed by atoms with Crippen LogP contribution in [0.3, 0.4) is 0 Å². The Bertz CT molecular complexity index is 857. The molecule has 112 valence electrons. The zero-order valence-corrected chi connectivity index (χ0v) is 11.9. The Morgan fingerprint density at radius 3 is 2.36 bits per heavy atom. The maximum absolute atomic E-state index is 13.1. The van der Waals surface area contributed by atoms with Gasteiger partial charge in [-0.2, -0.15) is 5.26 Å². The molecule has 0 aliphatic rings. The Morgan fingerprint density at radius 1 is 1.09 bits per heavy atom. The lowest BCUT2D eigenvalue weighted by Crippen LogP contribution is -2.05. The van der Waals surface area contributed by atoms with E-state index < -0.39 is 26.4 Å². The van der Waals surface area contributed by atoms with Crippen LogP contribution in [0.15, 0.2) is 64.5 Å². The van der Waals surface area contributed by atoms with Gasteiger partial charge in [0.1, 0.15) is 6.07 Å². The molecule has 0 aromatic heterocycles. The maximum Gasteiger partial charge on any atom is 0.218 e. The largest absolute Gasteiger partial charge is 0.360 e. The SMILES string of the molecule is N#C/C(=C\Nc1ccc(F)c(F)c1)S(=O)(=O)c1ccccc1. The van der Waals surface area contributed by atoms with Crippen LogP contribution in [0.5, 0.6) is 0 Å². The number of halogens is 2. The summed E-state index contributed by atoms with van der Waals surface area (Å²) in [7, 11) is -3.97. The number of benzene rings is 2. The van der Waals surface area contributed by atoms with Gasteiger partial charge >= 0.3 is 0 Å². The van der Waals surface area contributed by atoms with Gasteiger partial charge in [0.15, 0.2) is 16.5 Å². The molecule has 0 bridgehead atoms. The van der Waals surface area contributed by atoms with Gasteiger partial charge in [0.2, 0.25) is 9.84 Å². The van der Waals surface area contributed by atoms with Crippen LogP contribution in [0.25, 0.3) is 0 Å². The van der Waals surface area contributed by atoms with Crippen LogP contribution in [0.4, 0.5) is 14.5 Å². The van der Waals surface area contributed by atoms with Crippen molar-refractivity contribution in [2.24, 2.45) is 0 Å². The van der Waals surface area contributed by atoms with Crippen molar-refractivity contribution in [3.63, 3.8) is 0 Å². The van der Waals surface area contributed by atoms with E-state index in [0.717, 1.165) is 18.3 Å². The highest BCUT2D eigenvalue weighted by atomic mass is 32.2. The lowest BCUT2D eigenvalue weighted by molar-refractivity contribution is 0.509. The molecule has 7 heteroatoms. The number of nitrogens with zero attached hydrogens (tertiary/aromatic N) is 1. The summed E-state index contributed by atoms with van der Waals surface area (Å²) in [4.78, 5) is -0.571. The van der Waals surface area contributed by atoms with E-state index in [1.807, 2.05) is 0 Å². The first kappa shape index (κ1) is 15.7. The van der Waals surface area contributed by atoms with Crippen molar-refractivity contribution in [3.05, 3.63) is 71.3 Å². The number of allylic oxidation sites excluding steroid dienone is 1. The second-order valence-corrected chi connectivity index (χ2v) is 6.13. The molecule has 0 amide bonds. The Balaban J connectivity index is 2.32. The fraction of sp³-hybridized carbons (Fsp3) is 0. The molecule has 0 unspecified atom stereocenters. The molecule has 2 aromatic carbocycles. The molecule has 4 nitrogen and oxygen atoms in total. The first-order valence-corrected chi connectivity index (χ1v) is 7.55. The highest BCUT2D eigenvalue weighted by molar-refractivity contribution is 7.95. The summed E-state index contributed by atoms with van der Waals surface area (Å²) in [6.45, 7) is 0. The molecule has 0 fully saturated rings. The van der Waals surface area contributed by atoms with E-state index in [1.54, 1.807) is 12.1 Å². The van der Waals surface area contributed by atoms with Crippen LogP contribution in [0.1, 0.15) is 0 Å². The van der Waals surface area contributed by atoms with E-state index in [-0.39, 0.29) is 10.6 Å². The lowest BCUT2D eigenvalue weighted by Gasteiger charge is -2.05. The van der Waals surface area contributed by atoms with Crippen molar-refractivity contribution in [2.75, 3.05) is 5.32 Å². The second kappa shape index (κ2) is 6.37. The van der Waals surface area contributed by atoms with E-state index in [4.69, 9.17) is 5.26 Å². The molecule has 0 saturated carbocycles. The quantitative estimate of drug-likeness (QED) is 0.878. The predicted molar refractivity (Wildman–Crippen MR) is 77.3 cm³/mol. The molecule has 2 aromatic rings.